The summed E-state index contributed by atoms with van der Waals surface area (Å²) in [4.78, 5) is 45.7. The van der Waals surface area contributed by atoms with Crippen molar-refractivity contribution in [1.82, 2.24) is 10.6 Å². The van der Waals surface area contributed by atoms with Crippen LogP contribution in [-0.4, -0.2) is 42.2 Å². The Hall–Kier alpha value is -2.48. The van der Waals surface area contributed by atoms with Gasteiger partial charge in [-0.2, -0.15) is 0 Å². The van der Waals surface area contributed by atoms with E-state index in [0.717, 1.165) is 0 Å². The number of allylic oxidation sites excluding steroid dienone is 1. The molecule has 23 heavy (non-hydrogen) atoms. The zero-order valence-electron chi connectivity index (χ0n) is 13.4. The molecule has 0 aromatic rings. The van der Waals surface area contributed by atoms with Crippen molar-refractivity contribution in [3.8, 4) is 0 Å². The summed E-state index contributed by atoms with van der Waals surface area (Å²) in [6.45, 7) is 9.87. The first-order valence-electron chi connectivity index (χ1n) is 7.03. The number of carbonyl (C=O) groups excluding carboxylic acids is 4. The molecule has 0 aromatic heterocycles. The second kappa shape index (κ2) is 9.52. The van der Waals surface area contributed by atoms with E-state index < -0.39 is 29.9 Å². The first-order valence-corrected chi connectivity index (χ1v) is 7.03. The largest absolute Gasteiger partial charge is 0.548 e. The fourth-order valence-electron chi connectivity index (χ4n) is 1.49. The molecule has 0 radical (unpaired) electrons. The van der Waals surface area contributed by atoms with Crippen LogP contribution < -0.4 is 21.5 Å². The molecule has 0 aliphatic rings. The van der Waals surface area contributed by atoms with Gasteiger partial charge in [0.1, 0.15) is 0 Å². The van der Waals surface area contributed by atoms with Crippen LogP contribution in [-0.2, 0) is 19.2 Å². The molecule has 0 saturated heterocycles. The monoisotopic (exact) mass is 325 g/mol. The molecule has 2 atom stereocenters. The maximum absolute atomic E-state index is 11.9. The lowest BCUT2D eigenvalue weighted by atomic mass is 10.0. The number of Topliss-reactive ketones (excluding diaryl/α,β-unsaturated/α-hetero) is 1. The van der Waals surface area contributed by atoms with Crippen LogP contribution in [0.2, 0.25) is 0 Å². The Morgan fingerprint density at radius 1 is 1.13 bits per heavy atom. The molecular weight excluding hydrogens is 302 g/mol. The van der Waals surface area contributed by atoms with Crippen molar-refractivity contribution in [3.63, 3.8) is 0 Å². The third-order valence-corrected chi connectivity index (χ3v) is 3.00. The quantitative estimate of drug-likeness (QED) is 0.379. The molecule has 128 valence electrons. The van der Waals surface area contributed by atoms with Gasteiger partial charge < -0.3 is 26.3 Å². The predicted octanol–water partition coefficient (Wildman–Crippen LogP) is -2.55. The molecule has 0 spiro atoms. The molecule has 0 aliphatic heterocycles. The fraction of sp³-hybridized carbons (Fsp3) is 0.467. The van der Waals surface area contributed by atoms with Gasteiger partial charge in [0.15, 0.2) is 11.8 Å². The molecule has 0 rings (SSSR count). The average molecular weight is 325 g/mol. The van der Waals surface area contributed by atoms with E-state index in [9.17, 15) is 24.3 Å². The molecule has 8 nitrogen and oxygen atoms in total. The standard InChI is InChI=1S/C15H23N3O5/c1-8(2)12(19)6-5-11(15(22)23)18-14(21)10(16)7-17-13(20)9(3)4/h10-11H,1,3,5-7,16H2,2,4H3,(H,17,20)(H,18,21)(H,22,23)/t10-,11-/m0/s1. The maximum Gasteiger partial charge on any atom is 0.280 e. The molecule has 0 bridgehead atoms. The summed E-state index contributed by atoms with van der Waals surface area (Å²) in [5.74, 6) is -2.87. The summed E-state index contributed by atoms with van der Waals surface area (Å²) >= 11 is 0. The number of nitrogens with one attached hydrogen (secondary N) is 2. The lowest BCUT2D eigenvalue weighted by molar-refractivity contribution is -0.401. The van der Waals surface area contributed by atoms with E-state index in [-0.39, 0.29) is 30.7 Å². The number of hydrogen-bond acceptors (Lipinski definition) is 5. The van der Waals surface area contributed by atoms with Crippen LogP contribution in [0.15, 0.2) is 24.3 Å². The van der Waals surface area contributed by atoms with E-state index in [1.54, 1.807) is 0 Å². The average Bonchev–Trinajstić information content (AvgIpc) is 2.47. The highest BCUT2D eigenvalue weighted by Gasteiger charge is 2.22. The molecule has 0 heterocycles. The topological polar surface area (TPSA) is 143 Å². The van der Waals surface area contributed by atoms with Crippen LogP contribution in [0.5, 0.6) is 0 Å². The molecule has 8 heteroatoms. The Kier molecular flexibility index (Phi) is 8.49. The van der Waals surface area contributed by atoms with Gasteiger partial charge in [0, 0.05) is 12.0 Å². The number of amides is 2. The van der Waals surface area contributed by atoms with Crippen molar-refractivity contribution in [1.29, 1.82) is 0 Å². The van der Waals surface area contributed by atoms with Gasteiger partial charge in [0.25, 0.3) is 5.91 Å². The van der Waals surface area contributed by atoms with Crippen LogP contribution in [0.3, 0.4) is 0 Å². The van der Waals surface area contributed by atoms with Gasteiger partial charge in [-0.25, -0.2) is 0 Å². The lowest BCUT2D eigenvalue weighted by Gasteiger charge is -2.20. The fourth-order valence-corrected chi connectivity index (χ4v) is 1.49. The highest BCUT2D eigenvalue weighted by atomic mass is 16.4. The number of carboxylic acid groups (broad SMARTS) is 1. The van der Waals surface area contributed by atoms with Crippen LogP contribution in [0.1, 0.15) is 26.7 Å². The minimum Gasteiger partial charge on any atom is -0.548 e. The van der Waals surface area contributed by atoms with Crippen molar-refractivity contribution < 1.29 is 30.0 Å². The van der Waals surface area contributed by atoms with Gasteiger partial charge in [0.2, 0.25) is 5.91 Å². The van der Waals surface area contributed by atoms with Crippen molar-refractivity contribution >= 4 is 23.6 Å². The summed E-state index contributed by atoms with van der Waals surface area (Å²) in [5.41, 5.74) is 4.15. The summed E-state index contributed by atoms with van der Waals surface area (Å²) in [6.07, 6.45) is -0.174. The third-order valence-electron chi connectivity index (χ3n) is 3.00. The Labute approximate surface area is 134 Å². The van der Waals surface area contributed by atoms with E-state index in [0.29, 0.717) is 5.57 Å². The van der Waals surface area contributed by atoms with Gasteiger partial charge in [-0.05, 0) is 25.8 Å². The predicted molar refractivity (Wildman–Crippen MR) is 80.5 cm³/mol. The number of carboxylic acids is 1. The van der Waals surface area contributed by atoms with Gasteiger partial charge in [-0.3, -0.25) is 14.4 Å². The molecule has 0 fully saturated rings. The van der Waals surface area contributed by atoms with E-state index in [4.69, 9.17) is 0 Å². The Morgan fingerprint density at radius 2 is 1.70 bits per heavy atom. The Morgan fingerprint density at radius 3 is 2.13 bits per heavy atom. The second-order valence-corrected chi connectivity index (χ2v) is 5.31. The number of hydrogen-bond donors (Lipinski definition) is 3. The van der Waals surface area contributed by atoms with E-state index in [1.165, 1.54) is 13.8 Å². The van der Waals surface area contributed by atoms with E-state index in [2.05, 4.69) is 29.5 Å². The van der Waals surface area contributed by atoms with Gasteiger partial charge in [-0.1, -0.05) is 13.2 Å². The zero-order valence-corrected chi connectivity index (χ0v) is 13.4. The first-order chi connectivity index (χ1) is 10.6. The second-order valence-electron chi connectivity index (χ2n) is 5.31. The molecule has 2 amide bonds. The normalized spacial score (nSPS) is 12.7. The van der Waals surface area contributed by atoms with Gasteiger partial charge in [-0.15, -0.1) is 0 Å². The minimum atomic E-state index is -1.49. The van der Waals surface area contributed by atoms with E-state index >= 15 is 0 Å². The minimum absolute atomic E-state index is 0.0670. The highest BCUT2D eigenvalue weighted by molar-refractivity contribution is 5.95. The van der Waals surface area contributed by atoms with Gasteiger partial charge in [0.05, 0.1) is 18.6 Å². The molecule has 0 aromatic carbocycles. The van der Waals surface area contributed by atoms with Crippen LogP contribution >= 0.6 is 0 Å². The van der Waals surface area contributed by atoms with Gasteiger partial charge >= 0.3 is 0 Å². The van der Waals surface area contributed by atoms with E-state index in [1.807, 2.05) is 0 Å². The molecular formula is C15H23N3O5. The summed E-state index contributed by atoms with van der Waals surface area (Å²) in [7, 11) is 0. The number of quaternary nitrogens is 1. The van der Waals surface area contributed by atoms with Crippen LogP contribution in [0, 0.1) is 0 Å². The maximum atomic E-state index is 11.9. The molecule has 0 aliphatic carbocycles. The Balaban J connectivity index is 4.51. The Bertz CT molecular complexity index is 527. The molecule has 5 N–H and O–H groups in total. The molecule has 0 saturated carbocycles. The number of aliphatic carboxylic acids is 1. The summed E-state index contributed by atoms with van der Waals surface area (Å²) in [6, 6.07) is -2.20. The SMILES string of the molecule is C=C(C)C(=O)CC[C@H](NC(=O)[C@@H]([NH3+])CNC(=O)C(=C)C)C(=O)[O-]. The van der Waals surface area contributed by atoms with Crippen molar-refractivity contribution in [2.24, 2.45) is 0 Å². The number of rotatable bonds is 10. The molecule has 0 unspecified atom stereocenters. The van der Waals surface area contributed by atoms with Crippen molar-refractivity contribution in [2.45, 2.75) is 38.8 Å². The van der Waals surface area contributed by atoms with Crippen LogP contribution in [0.4, 0.5) is 0 Å². The van der Waals surface area contributed by atoms with Crippen LogP contribution in [0.25, 0.3) is 0 Å². The third kappa shape index (κ3) is 7.91. The van der Waals surface area contributed by atoms with Crippen molar-refractivity contribution in [3.05, 3.63) is 24.3 Å². The number of carbonyl (C=O) groups is 4. The summed E-state index contributed by atoms with van der Waals surface area (Å²) in [5, 5.41) is 15.7. The van der Waals surface area contributed by atoms with Crippen molar-refractivity contribution in [2.75, 3.05) is 6.54 Å². The smallest absolute Gasteiger partial charge is 0.280 e. The number of ketones is 1. The summed E-state index contributed by atoms with van der Waals surface area (Å²) < 4.78 is 0. The first kappa shape index (κ1) is 20.5. The lowest BCUT2D eigenvalue weighted by Crippen LogP contribution is -2.72. The highest BCUT2D eigenvalue weighted by Crippen LogP contribution is 2.03. The zero-order chi connectivity index (χ0) is 18.2.